The van der Waals surface area contributed by atoms with Crippen LogP contribution in [0.4, 0.5) is 0 Å². The molecule has 3 aromatic rings. The Kier molecular flexibility index (Phi) is 10.2. The summed E-state index contributed by atoms with van der Waals surface area (Å²) in [6, 6.07) is 17.1. The van der Waals surface area contributed by atoms with Gasteiger partial charge in [-0.15, -0.1) is 0 Å². The minimum absolute atomic E-state index is 0.156. The van der Waals surface area contributed by atoms with Crippen LogP contribution in [0.25, 0.3) is 0 Å². The highest BCUT2D eigenvalue weighted by molar-refractivity contribution is 7.90. The summed E-state index contributed by atoms with van der Waals surface area (Å²) in [6.07, 6.45) is 3.00. The quantitative estimate of drug-likeness (QED) is 0.311. The summed E-state index contributed by atoms with van der Waals surface area (Å²) in [6.45, 7) is 1.49. The lowest BCUT2D eigenvalue weighted by atomic mass is 9.99. The molecule has 212 valence electrons. The second-order valence-electron chi connectivity index (χ2n) is 9.72. The Hall–Kier alpha value is -3.83. The third-order valence-corrected chi connectivity index (χ3v) is 8.36. The Morgan fingerprint density at radius 2 is 1.60 bits per heavy atom. The molecule has 0 aliphatic carbocycles. The van der Waals surface area contributed by atoms with Gasteiger partial charge in [0, 0.05) is 19.5 Å². The molecule has 0 spiro atoms. The summed E-state index contributed by atoms with van der Waals surface area (Å²) in [5.41, 5.74) is 1.55. The SMILES string of the molecule is O=C(NC(CCc1ccccc1)C(=O)c1ncco1)C(CC(=O)N1CCOCC1)CS(=O)(=O)Cc1ccccc1. The van der Waals surface area contributed by atoms with Crippen LogP contribution in [0.5, 0.6) is 0 Å². The van der Waals surface area contributed by atoms with Crippen molar-refractivity contribution >= 4 is 27.4 Å². The number of rotatable bonds is 13. The summed E-state index contributed by atoms with van der Waals surface area (Å²) < 4.78 is 36.8. The number of Topliss-reactive ketones (excluding diaryl/α,β-unsaturated/α-hetero) is 1. The number of oxazole rings is 1. The Labute approximate surface area is 233 Å². The van der Waals surface area contributed by atoms with Gasteiger partial charge >= 0.3 is 0 Å². The van der Waals surface area contributed by atoms with E-state index in [1.54, 1.807) is 35.2 Å². The van der Waals surface area contributed by atoms with E-state index in [-0.39, 0.29) is 30.4 Å². The van der Waals surface area contributed by atoms with Gasteiger partial charge in [0.1, 0.15) is 6.26 Å². The first kappa shape index (κ1) is 29.2. The van der Waals surface area contributed by atoms with E-state index in [0.29, 0.717) is 38.3 Å². The number of morpholine rings is 1. The van der Waals surface area contributed by atoms with Crippen LogP contribution in [-0.2, 0) is 36.3 Å². The van der Waals surface area contributed by atoms with E-state index >= 15 is 0 Å². The second kappa shape index (κ2) is 14.0. The summed E-state index contributed by atoms with van der Waals surface area (Å²) >= 11 is 0. The van der Waals surface area contributed by atoms with Gasteiger partial charge in [0.25, 0.3) is 5.89 Å². The van der Waals surface area contributed by atoms with Crippen LogP contribution in [0.15, 0.2) is 77.5 Å². The molecule has 4 rings (SSSR count). The summed E-state index contributed by atoms with van der Waals surface area (Å²) in [5, 5.41) is 2.72. The van der Waals surface area contributed by atoms with E-state index in [1.165, 1.54) is 12.5 Å². The van der Waals surface area contributed by atoms with Crippen molar-refractivity contribution in [3.63, 3.8) is 0 Å². The van der Waals surface area contributed by atoms with Crippen molar-refractivity contribution in [1.29, 1.82) is 0 Å². The van der Waals surface area contributed by atoms with Gasteiger partial charge in [0.2, 0.25) is 17.6 Å². The molecule has 0 saturated carbocycles. The van der Waals surface area contributed by atoms with Gasteiger partial charge in [-0.3, -0.25) is 14.4 Å². The minimum atomic E-state index is -3.78. The van der Waals surface area contributed by atoms with Crippen molar-refractivity contribution in [2.45, 2.75) is 31.1 Å². The van der Waals surface area contributed by atoms with Crippen molar-refractivity contribution in [3.05, 3.63) is 90.1 Å². The molecule has 0 radical (unpaired) electrons. The molecular weight excluding hydrogens is 534 g/mol. The second-order valence-corrected chi connectivity index (χ2v) is 11.8. The van der Waals surface area contributed by atoms with Crippen LogP contribution in [0.1, 0.15) is 34.7 Å². The number of hydrogen-bond donors (Lipinski definition) is 1. The molecule has 1 saturated heterocycles. The van der Waals surface area contributed by atoms with E-state index in [0.717, 1.165) is 5.56 Å². The zero-order valence-corrected chi connectivity index (χ0v) is 22.9. The van der Waals surface area contributed by atoms with Crippen molar-refractivity contribution in [2.24, 2.45) is 5.92 Å². The molecule has 2 aromatic carbocycles. The van der Waals surface area contributed by atoms with Crippen molar-refractivity contribution < 1.29 is 32.0 Å². The first-order valence-electron chi connectivity index (χ1n) is 13.2. The maximum atomic E-state index is 13.6. The lowest BCUT2D eigenvalue weighted by Crippen LogP contribution is -2.48. The van der Waals surface area contributed by atoms with E-state index in [2.05, 4.69) is 10.3 Å². The zero-order valence-electron chi connectivity index (χ0n) is 22.1. The number of aryl methyl sites for hydroxylation is 1. The fraction of sp³-hybridized carbons (Fsp3) is 0.379. The van der Waals surface area contributed by atoms with Gasteiger partial charge in [0.05, 0.1) is 42.9 Å². The number of hydrogen-bond acceptors (Lipinski definition) is 8. The Morgan fingerprint density at radius 3 is 2.23 bits per heavy atom. The highest BCUT2D eigenvalue weighted by atomic mass is 32.2. The molecule has 40 heavy (non-hydrogen) atoms. The predicted molar refractivity (Wildman–Crippen MR) is 147 cm³/mol. The van der Waals surface area contributed by atoms with Gasteiger partial charge < -0.3 is 19.4 Å². The highest BCUT2D eigenvalue weighted by Crippen LogP contribution is 2.17. The molecule has 1 fully saturated rings. The molecule has 1 aromatic heterocycles. The molecule has 1 aliphatic heterocycles. The van der Waals surface area contributed by atoms with Gasteiger partial charge in [-0.1, -0.05) is 60.7 Å². The van der Waals surface area contributed by atoms with Crippen LogP contribution < -0.4 is 5.32 Å². The molecule has 2 unspecified atom stereocenters. The fourth-order valence-corrected chi connectivity index (χ4v) is 6.28. The van der Waals surface area contributed by atoms with Crippen LogP contribution in [0.3, 0.4) is 0 Å². The van der Waals surface area contributed by atoms with Crippen molar-refractivity contribution in [1.82, 2.24) is 15.2 Å². The summed E-state index contributed by atoms with van der Waals surface area (Å²) in [7, 11) is -3.78. The normalized spacial score (nSPS) is 15.2. The molecule has 0 bridgehead atoms. The molecule has 1 aliphatic rings. The number of nitrogens with zero attached hydrogens (tertiary/aromatic N) is 2. The molecule has 11 heteroatoms. The molecule has 1 N–H and O–H groups in total. The zero-order chi connectivity index (χ0) is 28.4. The average Bonchev–Trinajstić information content (AvgIpc) is 3.51. The number of carbonyl (C=O) groups is 3. The first-order chi connectivity index (χ1) is 19.3. The molecular formula is C29H33N3O7S. The van der Waals surface area contributed by atoms with E-state index in [1.807, 2.05) is 30.3 Å². The minimum Gasteiger partial charge on any atom is -0.442 e. The lowest BCUT2D eigenvalue weighted by Gasteiger charge is -2.28. The van der Waals surface area contributed by atoms with Crippen LogP contribution in [0.2, 0.25) is 0 Å². The summed E-state index contributed by atoms with van der Waals surface area (Å²) in [5.74, 6) is -3.70. The number of nitrogens with one attached hydrogen (secondary N) is 1. The third-order valence-electron chi connectivity index (χ3n) is 6.68. The Bertz CT molecular complexity index is 1360. The maximum absolute atomic E-state index is 13.6. The number of sulfone groups is 1. The molecule has 2 atom stereocenters. The number of benzene rings is 2. The molecule has 2 amide bonds. The largest absolute Gasteiger partial charge is 0.442 e. The number of carbonyl (C=O) groups excluding carboxylic acids is 3. The monoisotopic (exact) mass is 567 g/mol. The fourth-order valence-electron chi connectivity index (χ4n) is 4.58. The van der Waals surface area contributed by atoms with Gasteiger partial charge in [0.15, 0.2) is 9.84 Å². The molecule has 2 heterocycles. The van der Waals surface area contributed by atoms with Crippen LogP contribution >= 0.6 is 0 Å². The average molecular weight is 568 g/mol. The van der Waals surface area contributed by atoms with Crippen molar-refractivity contribution in [2.75, 3.05) is 32.1 Å². The third kappa shape index (κ3) is 8.59. The van der Waals surface area contributed by atoms with Crippen molar-refractivity contribution in [3.8, 4) is 0 Å². The maximum Gasteiger partial charge on any atom is 0.265 e. The number of ketones is 1. The number of aromatic nitrogens is 1. The Balaban J connectivity index is 1.53. The number of ether oxygens (including phenoxy) is 1. The van der Waals surface area contributed by atoms with Gasteiger partial charge in [-0.2, -0.15) is 0 Å². The predicted octanol–water partition coefficient (Wildman–Crippen LogP) is 2.46. The smallest absolute Gasteiger partial charge is 0.265 e. The Morgan fingerprint density at radius 1 is 0.950 bits per heavy atom. The first-order valence-corrected chi connectivity index (χ1v) is 15.0. The van der Waals surface area contributed by atoms with E-state index in [4.69, 9.17) is 9.15 Å². The lowest BCUT2D eigenvalue weighted by molar-refractivity contribution is -0.139. The molecule has 10 nitrogen and oxygen atoms in total. The summed E-state index contributed by atoms with van der Waals surface area (Å²) in [4.78, 5) is 45.4. The highest BCUT2D eigenvalue weighted by Gasteiger charge is 2.33. The topological polar surface area (TPSA) is 136 Å². The van der Waals surface area contributed by atoms with Crippen LogP contribution in [-0.4, -0.2) is 74.0 Å². The van der Waals surface area contributed by atoms with Gasteiger partial charge in [-0.05, 0) is 24.0 Å². The van der Waals surface area contributed by atoms with E-state index in [9.17, 15) is 22.8 Å². The van der Waals surface area contributed by atoms with Gasteiger partial charge in [-0.25, -0.2) is 13.4 Å². The standard InChI is InChI=1S/C29H33N3O7S/c33-26(32-14-17-38-18-15-32)19-24(21-40(36,37)20-23-9-5-2-6-10-23)28(35)31-25(27(34)29-30-13-16-39-29)12-11-22-7-3-1-4-8-22/h1-10,13,16,24-25H,11-12,14-15,17-21H2,(H,31,35). The number of amides is 2. The van der Waals surface area contributed by atoms with E-state index < -0.39 is 39.2 Å². The van der Waals surface area contributed by atoms with Crippen LogP contribution in [0, 0.1) is 5.92 Å².